The Labute approximate surface area is 169 Å². The summed E-state index contributed by atoms with van der Waals surface area (Å²) in [4.78, 5) is 12.4. The molecule has 0 unspecified atom stereocenters. The van der Waals surface area contributed by atoms with Gasteiger partial charge in [-0.25, -0.2) is 0 Å². The van der Waals surface area contributed by atoms with E-state index in [2.05, 4.69) is 0 Å². The van der Waals surface area contributed by atoms with Gasteiger partial charge in [-0.3, -0.25) is 4.79 Å². The zero-order chi connectivity index (χ0) is 20.4. The topological polar surface area (TPSA) is 72.5 Å². The molecule has 0 amide bonds. The molecular weight excluding hydrogens is 376 g/mol. The fourth-order valence-electron chi connectivity index (χ4n) is 3.93. The summed E-state index contributed by atoms with van der Waals surface area (Å²) < 4.78 is 32.5. The molecule has 7 heteroatoms. The lowest BCUT2D eigenvalue weighted by Gasteiger charge is -2.18. The molecule has 1 saturated heterocycles. The van der Waals surface area contributed by atoms with E-state index in [-0.39, 0.29) is 24.6 Å². The van der Waals surface area contributed by atoms with E-state index in [0.717, 1.165) is 22.6 Å². The molecule has 2 aliphatic rings. The van der Waals surface area contributed by atoms with E-state index >= 15 is 0 Å². The van der Waals surface area contributed by atoms with E-state index in [4.69, 9.17) is 28.4 Å². The number of rotatable bonds is 7. The molecule has 2 aromatic carbocycles. The van der Waals surface area contributed by atoms with Crippen molar-refractivity contribution in [2.24, 2.45) is 11.8 Å². The van der Waals surface area contributed by atoms with Gasteiger partial charge < -0.3 is 28.4 Å². The maximum atomic E-state index is 12.4. The second kappa shape index (κ2) is 8.11. The summed E-state index contributed by atoms with van der Waals surface area (Å²) in [7, 11) is 4.75. The largest absolute Gasteiger partial charge is 0.493 e. The molecular formula is C22H24O7. The second-order valence-corrected chi connectivity index (χ2v) is 7.13. The number of carbonyl (C=O) groups excluding carboxylic acids is 1. The highest BCUT2D eigenvalue weighted by Gasteiger charge is 2.37. The molecule has 2 aromatic rings. The summed E-state index contributed by atoms with van der Waals surface area (Å²) in [6.45, 7) is 0.624. The van der Waals surface area contributed by atoms with E-state index in [1.54, 1.807) is 21.3 Å². The summed E-state index contributed by atoms with van der Waals surface area (Å²) in [5.74, 6) is 2.85. The summed E-state index contributed by atoms with van der Waals surface area (Å²) in [5, 5.41) is 0. The molecule has 4 rings (SSSR count). The third-order valence-electron chi connectivity index (χ3n) is 5.43. The number of hydrogen-bond donors (Lipinski definition) is 0. The number of ether oxygens (including phenoxy) is 6. The van der Waals surface area contributed by atoms with Crippen molar-refractivity contribution >= 4 is 5.97 Å². The quantitative estimate of drug-likeness (QED) is 0.662. The number of carbonyl (C=O) groups is 1. The summed E-state index contributed by atoms with van der Waals surface area (Å²) in [5.41, 5.74) is 2.02. The minimum atomic E-state index is -0.227. The van der Waals surface area contributed by atoms with Gasteiger partial charge in [0.2, 0.25) is 12.5 Å². The van der Waals surface area contributed by atoms with Crippen LogP contribution in [0.1, 0.15) is 11.1 Å². The Kier molecular flexibility index (Phi) is 5.38. The van der Waals surface area contributed by atoms with Gasteiger partial charge in [0.25, 0.3) is 0 Å². The van der Waals surface area contributed by atoms with Crippen molar-refractivity contribution in [3.05, 3.63) is 41.5 Å². The molecule has 2 aliphatic heterocycles. The molecule has 0 aromatic heterocycles. The van der Waals surface area contributed by atoms with E-state index < -0.39 is 0 Å². The van der Waals surface area contributed by atoms with Gasteiger partial charge in [0.1, 0.15) is 0 Å². The molecule has 0 N–H and O–H groups in total. The predicted molar refractivity (Wildman–Crippen MR) is 104 cm³/mol. The third-order valence-corrected chi connectivity index (χ3v) is 5.43. The molecule has 2 heterocycles. The maximum absolute atomic E-state index is 12.4. The Morgan fingerprint density at radius 1 is 0.862 bits per heavy atom. The van der Waals surface area contributed by atoms with Crippen LogP contribution in [0.3, 0.4) is 0 Å². The van der Waals surface area contributed by atoms with Gasteiger partial charge >= 0.3 is 5.97 Å². The SMILES string of the molecule is COc1cc(C[C@@H]2COC(=O)[C@@H]2Cc2ccc3c(c2)OCO3)cc(OC)c1OC. The first-order valence-electron chi connectivity index (χ1n) is 9.47. The molecule has 1 fully saturated rings. The molecule has 2 atom stereocenters. The van der Waals surface area contributed by atoms with Crippen molar-refractivity contribution in [3.63, 3.8) is 0 Å². The zero-order valence-electron chi connectivity index (χ0n) is 16.7. The minimum absolute atomic E-state index is 0.0516. The van der Waals surface area contributed by atoms with E-state index in [1.807, 2.05) is 30.3 Å². The van der Waals surface area contributed by atoms with Crippen molar-refractivity contribution < 1.29 is 33.2 Å². The van der Waals surface area contributed by atoms with Crippen molar-refractivity contribution in [2.75, 3.05) is 34.7 Å². The van der Waals surface area contributed by atoms with Gasteiger partial charge in [0, 0.05) is 5.92 Å². The standard InChI is InChI=1S/C22H24O7/c1-24-19-9-14(10-20(25-2)21(19)26-3)6-15-11-27-22(23)16(15)7-13-4-5-17-18(8-13)29-12-28-17/h4-5,8-10,15-16H,6-7,11-12H2,1-3H3/t15-,16-/m1/s1. The summed E-state index contributed by atoms with van der Waals surface area (Å²) in [6.07, 6.45) is 1.25. The lowest BCUT2D eigenvalue weighted by Crippen LogP contribution is -2.20. The van der Waals surface area contributed by atoms with Crippen LogP contribution in [0.4, 0.5) is 0 Å². The van der Waals surface area contributed by atoms with Gasteiger partial charge in [-0.1, -0.05) is 6.07 Å². The summed E-state index contributed by atoms with van der Waals surface area (Å²) in [6, 6.07) is 9.62. The van der Waals surface area contributed by atoms with Gasteiger partial charge in [0.05, 0.1) is 33.9 Å². The van der Waals surface area contributed by atoms with Crippen LogP contribution in [-0.4, -0.2) is 40.7 Å². The van der Waals surface area contributed by atoms with Crippen LogP contribution < -0.4 is 23.7 Å². The lowest BCUT2D eigenvalue weighted by molar-refractivity contribution is -0.141. The number of benzene rings is 2. The number of fused-ring (bicyclic) bond motifs is 1. The number of hydrogen-bond acceptors (Lipinski definition) is 7. The van der Waals surface area contributed by atoms with Gasteiger partial charge in [-0.15, -0.1) is 0 Å². The highest BCUT2D eigenvalue weighted by molar-refractivity contribution is 5.75. The van der Waals surface area contributed by atoms with Crippen molar-refractivity contribution in [1.29, 1.82) is 0 Å². The Morgan fingerprint density at radius 2 is 1.59 bits per heavy atom. The van der Waals surface area contributed by atoms with Gasteiger partial charge in [-0.2, -0.15) is 0 Å². The maximum Gasteiger partial charge on any atom is 0.309 e. The Balaban J connectivity index is 1.54. The molecule has 29 heavy (non-hydrogen) atoms. The van der Waals surface area contributed by atoms with Crippen molar-refractivity contribution in [2.45, 2.75) is 12.8 Å². The van der Waals surface area contributed by atoms with Crippen LogP contribution in [0.15, 0.2) is 30.3 Å². The number of cyclic esters (lactones) is 1. The van der Waals surface area contributed by atoms with Crippen LogP contribution >= 0.6 is 0 Å². The third kappa shape index (κ3) is 3.77. The second-order valence-electron chi connectivity index (χ2n) is 7.13. The van der Waals surface area contributed by atoms with Crippen LogP contribution in [0.2, 0.25) is 0 Å². The van der Waals surface area contributed by atoms with Crippen LogP contribution in [0.25, 0.3) is 0 Å². The van der Waals surface area contributed by atoms with E-state index in [1.165, 1.54) is 0 Å². The first-order chi connectivity index (χ1) is 14.1. The molecule has 0 aliphatic carbocycles. The highest BCUT2D eigenvalue weighted by atomic mass is 16.7. The van der Waals surface area contributed by atoms with Crippen molar-refractivity contribution in [1.82, 2.24) is 0 Å². The van der Waals surface area contributed by atoms with Crippen molar-refractivity contribution in [3.8, 4) is 28.7 Å². The monoisotopic (exact) mass is 400 g/mol. The van der Waals surface area contributed by atoms with E-state index in [0.29, 0.717) is 36.7 Å². The molecule has 154 valence electrons. The number of esters is 1. The molecule has 0 saturated carbocycles. The first-order valence-corrected chi connectivity index (χ1v) is 9.47. The van der Waals surface area contributed by atoms with Gasteiger partial charge in [0.15, 0.2) is 23.0 Å². The molecule has 0 spiro atoms. The Morgan fingerprint density at radius 3 is 2.28 bits per heavy atom. The number of methoxy groups -OCH3 is 3. The average Bonchev–Trinajstić information content (AvgIpc) is 3.34. The van der Waals surface area contributed by atoms with Crippen LogP contribution in [0, 0.1) is 11.8 Å². The van der Waals surface area contributed by atoms with Gasteiger partial charge in [-0.05, 0) is 48.2 Å². The minimum Gasteiger partial charge on any atom is -0.493 e. The lowest BCUT2D eigenvalue weighted by atomic mass is 9.85. The smallest absolute Gasteiger partial charge is 0.309 e. The Hall–Kier alpha value is -3.09. The molecule has 0 radical (unpaired) electrons. The summed E-state index contributed by atoms with van der Waals surface area (Å²) >= 11 is 0. The predicted octanol–water partition coefficient (Wildman–Crippen LogP) is 3.02. The van der Waals surface area contributed by atoms with E-state index in [9.17, 15) is 4.79 Å². The first kappa shape index (κ1) is 19.2. The average molecular weight is 400 g/mol. The Bertz CT molecular complexity index is 883. The highest BCUT2D eigenvalue weighted by Crippen LogP contribution is 2.40. The molecule has 7 nitrogen and oxygen atoms in total. The fourth-order valence-corrected chi connectivity index (χ4v) is 3.93. The molecule has 0 bridgehead atoms. The van der Waals surface area contributed by atoms with Crippen LogP contribution in [-0.2, 0) is 22.4 Å². The van der Waals surface area contributed by atoms with Crippen LogP contribution in [0.5, 0.6) is 28.7 Å². The zero-order valence-corrected chi connectivity index (χ0v) is 16.7. The fraction of sp³-hybridized carbons (Fsp3) is 0.409. The normalized spacial score (nSPS) is 19.8.